The fourth-order valence-electron chi connectivity index (χ4n) is 3.72. The first kappa shape index (κ1) is 16.4. The van der Waals surface area contributed by atoms with Crippen LogP contribution in [0.5, 0.6) is 0 Å². The molecule has 0 aliphatic carbocycles. The lowest BCUT2D eigenvalue weighted by atomic mass is 9.81. The van der Waals surface area contributed by atoms with E-state index in [2.05, 4.69) is 4.90 Å². The Morgan fingerprint density at radius 3 is 2.74 bits per heavy atom. The zero-order chi connectivity index (χ0) is 16.6. The first-order valence-electron chi connectivity index (χ1n) is 7.76. The van der Waals surface area contributed by atoms with Crippen molar-refractivity contribution in [3.05, 3.63) is 21.9 Å². The maximum atomic E-state index is 12.6. The number of carbonyl (C=O) groups is 2. The van der Waals surface area contributed by atoms with Crippen LogP contribution in [0.2, 0.25) is 0 Å². The molecule has 7 heteroatoms. The number of rotatable bonds is 5. The number of nitrogens with zero attached hydrogens (tertiary/aromatic N) is 2. The second kappa shape index (κ2) is 6.22. The second-order valence-corrected chi connectivity index (χ2v) is 7.77. The van der Waals surface area contributed by atoms with E-state index in [0.717, 1.165) is 11.4 Å². The van der Waals surface area contributed by atoms with Gasteiger partial charge in [0.15, 0.2) is 0 Å². The highest BCUT2D eigenvalue weighted by Gasteiger charge is 2.58. The van der Waals surface area contributed by atoms with Crippen LogP contribution in [0.3, 0.4) is 0 Å². The summed E-state index contributed by atoms with van der Waals surface area (Å²) in [4.78, 5) is 30.2. The van der Waals surface area contributed by atoms with Crippen molar-refractivity contribution in [1.82, 2.24) is 9.80 Å². The molecule has 2 saturated heterocycles. The van der Waals surface area contributed by atoms with E-state index in [1.165, 1.54) is 11.3 Å². The molecule has 1 aromatic heterocycles. The van der Waals surface area contributed by atoms with Crippen molar-refractivity contribution < 1.29 is 19.4 Å². The highest BCUT2D eigenvalue weighted by molar-refractivity contribution is 7.13. The van der Waals surface area contributed by atoms with Crippen LogP contribution < -0.4 is 0 Å². The van der Waals surface area contributed by atoms with Gasteiger partial charge in [0.2, 0.25) is 0 Å². The Hall–Kier alpha value is -1.44. The number of hydrogen-bond acceptors (Lipinski definition) is 5. The maximum Gasteiger partial charge on any atom is 0.313 e. The molecule has 1 amide bonds. The lowest BCUT2D eigenvalue weighted by Gasteiger charge is -2.25. The minimum atomic E-state index is -0.838. The van der Waals surface area contributed by atoms with Crippen LogP contribution >= 0.6 is 11.3 Å². The number of ether oxygens (including phenoxy) is 1. The number of carboxylic acids is 1. The topological polar surface area (TPSA) is 70.1 Å². The summed E-state index contributed by atoms with van der Waals surface area (Å²) < 4.78 is 5.09. The van der Waals surface area contributed by atoms with Crippen LogP contribution in [0.1, 0.15) is 14.5 Å². The number of likely N-dealkylation sites (tertiary alicyclic amines) is 2. The largest absolute Gasteiger partial charge is 0.481 e. The van der Waals surface area contributed by atoms with Gasteiger partial charge in [-0.25, -0.2) is 0 Å². The minimum absolute atomic E-state index is 0.0122. The molecule has 0 aromatic carbocycles. The Labute approximate surface area is 139 Å². The predicted molar refractivity (Wildman–Crippen MR) is 86.8 cm³/mol. The van der Waals surface area contributed by atoms with Crippen LogP contribution in [-0.4, -0.2) is 73.2 Å². The molecule has 0 unspecified atom stereocenters. The molecule has 1 N–H and O–H groups in total. The lowest BCUT2D eigenvalue weighted by Crippen LogP contribution is -2.42. The highest BCUT2D eigenvalue weighted by atomic mass is 32.1. The molecular formula is C16H22N2O4S. The SMILES string of the molecule is COCCN1C[C@@H]2CN(C(=O)c3ccc(C)s3)C[C@]2(C(=O)O)C1. The van der Waals surface area contributed by atoms with Gasteiger partial charge in [-0.05, 0) is 19.1 Å². The summed E-state index contributed by atoms with van der Waals surface area (Å²) >= 11 is 1.46. The molecule has 2 fully saturated rings. The normalized spacial score (nSPS) is 27.4. The molecule has 126 valence electrons. The van der Waals surface area contributed by atoms with Gasteiger partial charge in [0.1, 0.15) is 5.41 Å². The third-order valence-corrected chi connectivity index (χ3v) is 5.94. The fourth-order valence-corrected chi connectivity index (χ4v) is 4.56. The number of amides is 1. The lowest BCUT2D eigenvalue weighted by molar-refractivity contribution is -0.148. The van der Waals surface area contributed by atoms with E-state index in [9.17, 15) is 14.7 Å². The van der Waals surface area contributed by atoms with Crippen molar-refractivity contribution >= 4 is 23.2 Å². The second-order valence-electron chi connectivity index (χ2n) is 6.48. The van der Waals surface area contributed by atoms with Crippen LogP contribution in [-0.2, 0) is 9.53 Å². The number of carbonyl (C=O) groups excluding carboxylic acids is 1. The fraction of sp³-hybridized carbons (Fsp3) is 0.625. The monoisotopic (exact) mass is 338 g/mol. The molecule has 0 saturated carbocycles. The van der Waals surface area contributed by atoms with Gasteiger partial charge < -0.3 is 14.7 Å². The van der Waals surface area contributed by atoms with E-state index in [0.29, 0.717) is 37.7 Å². The van der Waals surface area contributed by atoms with E-state index in [1.807, 2.05) is 19.1 Å². The van der Waals surface area contributed by atoms with Gasteiger partial charge in [0, 0.05) is 50.6 Å². The summed E-state index contributed by atoms with van der Waals surface area (Å²) in [6, 6.07) is 3.75. The molecule has 0 radical (unpaired) electrons. The van der Waals surface area contributed by atoms with E-state index < -0.39 is 11.4 Å². The van der Waals surface area contributed by atoms with Crippen molar-refractivity contribution in [3.8, 4) is 0 Å². The molecule has 1 aromatic rings. The number of methoxy groups -OCH3 is 1. The van der Waals surface area contributed by atoms with Crippen LogP contribution in [0.25, 0.3) is 0 Å². The molecule has 2 aliphatic rings. The van der Waals surface area contributed by atoms with Crippen molar-refractivity contribution in [2.45, 2.75) is 6.92 Å². The molecule has 3 heterocycles. The molecule has 0 spiro atoms. The summed E-state index contributed by atoms with van der Waals surface area (Å²) in [6.07, 6.45) is 0. The summed E-state index contributed by atoms with van der Waals surface area (Å²) in [5.74, 6) is -0.844. The Morgan fingerprint density at radius 2 is 2.17 bits per heavy atom. The van der Waals surface area contributed by atoms with Crippen LogP contribution in [0, 0.1) is 18.3 Å². The molecule has 0 bridgehead atoms. The number of hydrogen-bond donors (Lipinski definition) is 1. The molecular weight excluding hydrogens is 316 g/mol. The number of carboxylic acid groups (broad SMARTS) is 1. The molecule has 6 nitrogen and oxygen atoms in total. The number of aryl methyl sites for hydroxylation is 1. The first-order valence-corrected chi connectivity index (χ1v) is 8.58. The van der Waals surface area contributed by atoms with Crippen molar-refractivity contribution in [3.63, 3.8) is 0 Å². The van der Waals surface area contributed by atoms with E-state index >= 15 is 0 Å². The zero-order valence-electron chi connectivity index (χ0n) is 13.4. The van der Waals surface area contributed by atoms with Crippen LogP contribution in [0.15, 0.2) is 12.1 Å². The van der Waals surface area contributed by atoms with Gasteiger partial charge in [-0.2, -0.15) is 0 Å². The molecule has 2 aliphatic heterocycles. The average Bonchev–Trinajstić information content (AvgIpc) is 3.16. The smallest absolute Gasteiger partial charge is 0.313 e. The number of fused-ring (bicyclic) bond motifs is 1. The number of thiophene rings is 1. The maximum absolute atomic E-state index is 12.6. The standard InChI is InChI=1S/C16H22N2O4S/c1-11-3-4-13(23-11)14(19)18-8-12-7-17(5-6-22-2)9-16(12,10-18)15(20)21/h3-4,12H,5-10H2,1-2H3,(H,20,21)/t12-,16-/m1/s1. The third-order valence-electron chi connectivity index (χ3n) is 4.96. The predicted octanol–water partition coefficient (Wildman–Crippen LogP) is 1.16. The van der Waals surface area contributed by atoms with Crippen LogP contribution in [0.4, 0.5) is 0 Å². The Morgan fingerprint density at radius 1 is 1.39 bits per heavy atom. The third kappa shape index (κ3) is 2.88. The first-order chi connectivity index (χ1) is 11.0. The number of aliphatic carboxylic acids is 1. The van der Waals surface area contributed by atoms with E-state index in [1.54, 1.807) is 12.0 Å². The van der Waals surface area contributed by atoms with Crippen molar-refractivity contribution in [1.29, 1.82) is 0 Å². The Balaban J connectivity index is 1.74. The summed E-state index contributed by atoms with van der Waals surface area (Å²) in [5, 5.41) is 9.80. The summed E-state index contributed by atoms with van der Waals surface area (Å²) in [6.45, 7) is 5.32. The average molecular weight is 338 g/mol. The van der Waals surface area contributed by atoms with Gasteiger partial charge in [-0.1, -0.05) is 0 Å². The quantitative estimate of drug-likeness (QED) is 0.872. The Kier molecular flexibility index (Phi) is 4.44. The summed E-state index contributed by atoms with van der Waals surface area (Å²) in [5.41, 5.74) is -0.838. The minimum Gasteiger partial charge on any atom is -0.481 e. The van der Waals surface area contributed by atoms with E-state index in [4.69, 9.17) is 4.74 Å². The Bertz CT molecular complexity index is 617. The highest BCUT2D eigenvalue weighted by Crippen LogP contribution is 2.43. The van der Waals surface area contributed by atoms with Crippen molar-refractivity contribution in [2.24, 2.45) is 11.3 Å². The van der Waals surface area contributed by atoms with Gasteiger partial charge in [0.25, 0.3) is 5.91 Å². The van der Waals surface area contributed by atoms with Crippen molar-refractivity contribution in [2.75, 3.05) is 46.4 Å². The van der Waals surface area contributed by atoms with Gasteiger partial charge in [-0.3, -0.25) is 14.5 Å². The van der Waals surface area contributed by atoms with Gasteiger partial charge in [0.05, 0.1) is 11.5 Å². The van der Waals surface area contributed by atoms with E-state index in [-0.39, 0.29) is 11.8 Å². The zero-order valence-corrected chi connectivity index (χ0v) is 14.3. The summed E-state index contributed by atoms with van der Waals surface area (Å²) in [7, 11) is 1.65. The molecule has 3 rings (SSSR count). The molecule has 23 heavy (non-hydrogen) atoms. The van der Waals surface area contributed by atoms with Gasteiger partial charge >= 0.3 is 5.97 Å². The van der Waals surface area contributed by atoms with Gasteiger partial charge in [-0.15, -0.1) is 11.3 Å². The molecule has 2 atom stereocenters.